The van der Waals surface area contributed by atoms with Gasteiger partial charge in [0.05, 0.1) is 10.4 Å². The highest BCUT2D eigenvalue weighted by Gasteiger charge is 2.14. The van der Waals surface area contributed by atoms with Gasteiger partial charge in [0.2, 0.25) is 0 Å². The van der Waals surface area contributed by atoms with Crippen LogP contribution >= 0.6 is 23.1 Å². The summed E-state index contributed by atoms with van der Waals surface area (Å²) in [4.78, 5) is 6.55. The Balaban J connectivity index is 1.40. The van der Waals surface area contributed by atoms with E-state index in [2.05, 4.69) is 22.3 Å². The molecule has 2 aromatic carbocycles. The van der Waals surface area contributed by atoms with Crippen molar-refractivity contribution in [2.45, 2.75) is 11.0 Å². The lowest BCUT2D eigenvalue weighted by Crippen LogP contribution is -1.81. The van der Waals surface area contributed by atoms with Gasteiger partial charge < -0.3 is 4.42 Å². The van der Waals surface area contributed by atoms with E-state index in [1.165, 1.54) is 35.2 Å². The Morgan fingerprint density at radius 1 is 0.963 bits per heavy atom. The molecule has 0 aliphatic carbocycles. The van der Waals surface area contributed by atoms with Crippen molar-refractivity contribution < 1.29 is 8.81 Å². The average Bonchev–Trinajstić information content (AvgIpc) is 3.32. The number of hydrogen-bond acceptors (Lipinski definition) is 6. The molecular weight excluding hydrogens is 381 g/mol. The van der Waals surface area contributed by atoms with Crippen molar-refractivity contribution >= 4 is 44.2 Å². The summed E-state index contributed by atoms with van der Waals surface area (Å²) in [6.45, 7) is 0. The number of nitrogens with zero attached hydrogens (tertiary/aromatic N) is 3. The monoisotopic (exact) mass is 393 g/mol. The van der Waals surface area contributed by atoms with Gasteiger partial charge in [0, 0.05) is 16.5 Å². The first kappa shape index (κ1) is 16.4. The van der Waals surface area contributed by atoms with Crippen molar-refractivity contribution in [3.8, 4) is 10.8 Å². The molecule has 27 heavy (non-hydrogen) atoms. The van der Waals surface area contributed by atoms with E-state index in [0.29, 0.717) is 16.9 Å². The highest BCUT2D eigenvalue weighted by atomic mass is 32.2. The van der Waals surface area contributed by atoms with Crippen LogP contribution in [0.15, 0.2) is 70.3 Å². The number of aromatic nitrogens is 3. The number of halogens is 1. The van der Waals surface area contributed by atoms with Gasteiger partial charge in [0.15, 0.2) is 0 Å². The number of para-hydroxylation sites is 1. The van der Waals surface area contributed by atoms with Crippen molar-refractivity contribution in [2.24, 2.45) is 0 Å². The van der Waals surface area contributed by atoms with E-state index in [1.54, 1.807) is 12.1 Å². The molecule has 0 bridgehead atoms. The Hall–Kier alpha value is -2.77. The van der Waals surface area contributed by atoms with Crippen molar-refractivity contribution in [1.29, 1.82) is 0 Å². The maximum absolute atomic E-state index is 13.0. The highest BCUT2D eigenvalue weighted by Crippen LogP contribution is 2.34. The lowest BCUT2D eigenvalue weighted by atomic mass is 10.2. The summed E-state index contributed by atoms with van der Waals surface area (Å²) < 4.78 is 18.8. The Labute approximate surface area is 162 Å². The highest BCUT2D eigenvalue weighted by molar-refractivity contribution is 7.98. The molecule has 0 aliphatic rings. The van der Waals surface area contributed by atoms with Crippen LogP contribution < -0.4 is 0 Å². The number of benzene rings is 2. The first-order valence-corrected chi connectivity index (χ1v) is 10.1. The zero-order chi connectivity index (χ0) is 18.2. The Bertz CT molecular complexity index is 1190. The number of hydrogen-bond donors (Lipinski definition) is 0. The molecule has 0 amide bonds. The molecule has 3 heterocycles. The van der Waals surface area contributed by atoms with Gasteiger partial charge in [-0.2, -0.15) is 0 Å². The standard InChI is InChI=1S/C20H12FN3OS2/c21-15-7-5-12(6-8-15)11-26-20-24-23-18(25-20)17-10-14-9-13-3-1-2-4-16(13)22-19(14)27-17/h1-10H,11H2. The van der Waals surface area contributed by atoms with E-state index >= 15 is 0 Å². The molecule has 3 aromatic heterocycles. The van der Waals surface area contributed by atoms with Gasteiger partial charge in [-0.05, 0) is 35.9 Å². The topological polar surface area (TPSA) is 51.8 Å². The fourth-order valence-corrected chi connectivity index (χ4v) is 4.44. The smallest absolute Gasteiger partial charge is 0.277 e. The van der Waals surface area contributed by atoms with E-state index in [0.717, 1.165) is 31.6 Å². The molecule has 7 heteroatoms. The van der Waals surface area contributed by atoms with E-state index in [-0.39, 0.29) is 5.82 Å². The molecule has 5 aromatic rings. The molecule has 0 spiro atoms. The average molecular weight is 393 g/mol. The van der Waals surface area contributed by atoms with Gasteiger partial charge in [-0.3, -0.25) is 0 Å². The van der Waals surface area contributed by atoms with Gasteiger partial charge in [-0.1, -0.05) is 42.1 Å². The molecule has 0 saturated carbocycles. The molecular formula is C20H12FN3OS2. The number of fused-ring (bicyclic) bond motifs is 2. The number of rotatable bonds is 4. The fraction of sp³-hybridized carbons (Fsp3) is 0.0500. The van der Waals surface area contributed by atoms with Gasteiger partial charge in [-0.15, -0.1) is 21.5 Å². The quantitative estimate of drug-likeness (QED) is 0.354. The minimum atomic E-state index is -0.241. The number of pyridine rings is 1. The predicted octanol–water partition coefficient (Wildman–Crippen LogP) is 5.93. The minimum absolute atomic E-state index is 0.241. The van der Waals surface area contributed by atoms with Crippen LogP contribution in [0.5, 0.6) is 0 Å². The van der Waals surface area contributed by atoms with Crippen LogP contribution in [0.2, 0.25) is 0 Å². The van der Waals surface area contributed by atoms with Gasteiger partial charge in [0.1, 0.15) is 10.6 Å². The SMILES string of the molecule is Fc1ccc(CSc2nnc(-c3cc4cc5ccccc5nc4s3)o2)cc1. The van der Waals surface area contributed by atoms with Gasteiger partial charge in [-0.25, -0.2) is 9.37 Å². The number of thiophene rings is 1. The van der Waals surface area contributed by atoms with Crippen LogP contribution in [0.25, 0.3) is 31.9 Å². The number of thioether (sulfide) groups is 1. The third kappa shape index (κ3) is 3.31. The van der Waals surface area contributed by atoms with Crippen molar-refractivity contribution in [1.82, 2.24) is 15.2 Å². The Morgan fingerprint density at radius 2 is 1.81 bits per heavy atom. The molecule has 0 fully saturated rings. The molecule has 5 rings (SSSR count). The Kier molecular flexibility index (Phi) is 4.10. The third-order valence-electron chi connectivity index (χ3n) is 4.10. The zero-order valence-corrected chi connectivity index (χ0v) is 15.6. The molecule has 132 valence electrons. The van der Waals surface area contributed by atoms with Crippen molar-refractivity contribution in [3.63, 3.8) is 0 Å². The zero-order valence-electron chi connectivity index (χ0n) is 13.9. The summed E-state index contributed by atoms with van der Waals surface area (Å²) in [6.07, 6.45) is 0. The predicted molar refractivity (Wildman–Crippen MR) is 106 cm³/mol. The Morgan fingerprint density at radius 3 is 2.70 bits per heavy atom. The lowest BCUT2D eigenvalue weighted by molar-refractivity contribution is 0.467. The van der Waals surface area contributed by atoms with Crippen LogP contribution in [0.1, 0.15) is 5.56 Å². The maximum Gasteiger partial charge on any atom is 0.277 e. The van der Waals surface area contributed by atoms with E-state index in [1.807, 2.05) is 24.3 Å². The van der Waals surface area contributed by atoms with Gasteiger partial charge in [0.25, 0.3) is 11.1 Å². The van der Waals surface area contributed by atoms with E-state index in [4.69, 9.17) is 9.40 Å². The summed E-state index contributed by atoms with van der Waals surface area (Å²) in [7, 11) is 0. The van der Waals surface area contributed by atoms with Crippen molar-refractivity contribution in [3.05, 3.63) is 72.0 Å². The van der Waals surface area contributed by atoms with E-state index in [9.17, 15) is 4.39 Å². The lowest BCUT2D eigenvalue weighted by Gasteiger charge is -1.97. The fourth-order valence-electron chi connectivity index (χ4n) is 2.77. The maximum atomic E-state index is 13.0. The minimum Gasteiger partial charge on any atom is -0.410 e. The third-order valence-corrected chi connectivity index (χ3v) is 6.03. The van der Waals surface area contributed by atoms with Crippen LogP contribution in [-0.2, 0) is 5.75 Å². The summed E-state index contributed by atoms with van der Waals surface area (Å²) in [6, 6.07) is 18.6. The second-order valence-corrected chi connectivity index (χ2v) is 7.93. The molecule has 0 aliphatic heterocycles. The second-order valence-electron chi connectivity index (χ2n) is 5.97. The largest absolute Gasteiger partial charge is 0.410 e. The molecule has 0 saturated heterocycles. The van der Waals surface area contributed by atoms with Gasteiger partial charge >= 0.3 is 0 Å². The summed E-state index contributed by atoms with van der Waals surface area (Å²) in [5.41, 5.74) is 1.97. The second kappa shape index (κ2) is 6.75. The summed E-state index contributed by atoms with van der Waals surface area (Å²) in [5.74, 6) is 0.889. The van der Waals surface area contributed by atoms with Crippen LogP contribution in [-0.4, -0.2) is 15.2 Å². The first-order chi connectivity index (χ1) is 13.2. The molecule has 0 N–H and O–H groups in total. The van der Waals surface area contributed by atoms with Crippen LogP contribution in [0.4, 0.5) is 4.39 Å². The van der Waals surface area contributed by atoms with Crippen LogP contribution in [0, 0.1) is 5.82 Å². The molecule has 0 atom stereocenters. The van der Waals surface area contributed by atoms with E-state index < -0.39 is 0 Å². The first-order valence-electron chi connectivity index (χ1n) is 8.25. The molecule has 0 unspecified atom stereocenters. The molecule has 0 radical (unpaired) electrons. The molecule has 4 nitrogen and oxygen atoms in total. The summed E-state index contributed by atoms with van der Waals surface area (Å²) >= 11 is 2.97. The normalized spacial score (nSPS) is 11.4. The van der Waals surface area contributed by atoms with Crippen molar-refractivity contribution in [2.75, 3.05) is 0 Å². The van der Waals surface area contributed by atoms with Crippen LogP contribution in [0.3, 0.4) is 0 Å². The summed E-state index contributed by atoms with van der Waals surface area (Å²) in [5, 5.41) is 10.9.